The van der Waals surface area contributed by atoms with Crippen molar-refractivity contribution in [1.82, 2.24) is 4.31 Å². The van der Waals surface area contributed by atoms with E-state index in [1.807, 2.05) is 18.2 Å². The van der Waals surface area contributed by atoms with Crippen molar-refractivity contribution in [3.63, 3.8) is 0 Å². The van der Waals surface area contributed by atoms with E-state index in [-0.39, 0.29) is 10.7 Å². The molecule has 0 saturated carbocycles. The van der Waals surface area contributed by atoms with E-state index in [0.717, 1.165) is 23.1 Å². The van der Waals surface area contributed by atoms with Crippen LogP contribution in [0.1, 0.15) is 23.2 Å². The van der Waals surface area contributed by atoms with E-state index in [2.05, 4.69) is 24.3 Å². The van der Waals surface area contributed by atoms with Gasteiger partial charge in [0, 0.05) is 23.5 Å². The van der Waals surface area contributed by atoms with Crippen LogP contribution in [0.4, 0.5) is 0 Å². The molecule has 0 amide bonds. The Bertz CT molecular complexity index is 1100. The van der Waals surface area contributed by atoms with E-state index in [1.54, 1.807) is 24.3 Å². The summed E-state index contributed by atoms with van der Waals surface area (Å²) in [6.45, 7) is 1.15. The Morgan fingerprint density at radius 1 is 0.893 bits per heavy atom. The molecule has 0 aliphatic carbocycles. The number of fused-ring (bicyclic) bond motifs is 1. The van der Waals surface area contributed by atoms with Crippen LogP contribution in [-0.4, -0.2) is 37.3 Å². The number of ketones is 1. The lowest BCUT2D eigenvalue weighted by atomic mass is 10.1. The van der Waals surface area contributed by atoms with Gasteiger partial charge in [0.05, 0.1) is 10.6 Å². The molecular weight excluding hydrogens is 390 g/mol. The quantitative estimate of drug-likeness (QED) is 0.439. The minimum Gasteiger partial charge on any atom is -0.293 e. The second-order valence-corrected chi connectivity index (χ2v) is 9.84. The lowest BCUT2D eigenvalue weighted by molar-refractivity contribution is 0.102. The van der Waals surface area contributed by atoms with Crippen LogP contribution < -0.4 is 0 Å². The van der Waals surface area contributed by atoms with Crippen molar-refractivity contribution in [2.75, 3.05) is 18.8 Å². The SMILES string of the molecule is O=C(CSc1ccc2ccccc2c1)c1ccc(S(=O)(=O)N2CCCC2)cc1. The van der Waals surface area contributed by atoms with Gasteiger partial charge in [-0.3, -0.25) is 4.79 Å². The Balaban J connectivity index is 1.43. The van der Waals surface area contributed by atoms with E-state index in [0.29, 0.717) is 24.4 Å². The van der Waals surface area contributed by atoms with Crippen LogP contribution in [0, 0.1) is 0 Å². The molecule has 3 aromatic rings. The highest BCUT2D eigenvalue weighted by molar-refractivity contribution is 8.00. The van der Waals surface area contributed by atoms with Gasteiger partial charge in [-0.25, -0.2) is 8.42 Å². The van der Waals surface area contributed by atoms with Gasteiger partial charge in [0.15, 0.2) is 5.78 Å². The number of benzene rings is 3. The molecule has 0 atom stereocenters. The highest BCUT2D eigenvalue weighted by atomic mass is 32.2. The smallest absolute Gasteiger partial charge is 0.243 e. The lowest BCUT2D eigenvalue weighted by Gasteiger charge is -2.15. The predicted molar refractivity (Wildman–Crippen MR) is 113 cm³/mol. The molecule has 4 nitrogen and oxygen atoms in total. The largest absolute Gasteiger partial charge is 0.293 e. The molecule has 4 rings (SSSR count). The molecule has 28 heavy (non-hydrogen) atoms. The molecule has 1 aliphatic heterocycles. The number of thioether (sulfide) groups is 1. The molecule has 0 spiro atoms. The van der Waals surface area contributed by atoms with E-state index >= 15 is 0 Å². The fourth-order valence-corrected chi connectivity index (χ4v) is 5.74. The van der Waals surface area contributed by atoms with Crippen molar-refractivity contribution in [1.29, 1.82) is 0 Å². The summed E-state index contributed by atoms with van der Waals surface area (Å²) in [5, 5.41) is 2.32. The van der Waals surface area contributed by atoms with E-state index in [9.17, 15) is 13.2 Å². The first-order valence-electron chi connectivity index (χ1n) is 9.29. The summed E-state index contributed by atoms with van der Waals surface area (Å²) in [4.78, 5) is 13.8. The zero-order valence-electron chi connectivity index (χ0n) is 15.4. The normalized spacial score (nSPS) is 15.1. The summed E-state index contributed by atoms with van der Waals surface area (Å²) >= 11 is 1.49. The molecule has 1 aliphatic rings. The number of hydrogen-bond acceptors (Lipinski definition) is 4. The molecule has 0 N–H and O–H groups in total. The molecule has 144 valence electrons. The zero-order chi connectivity index (χ0) is 19.6. The summed E-state index contributed by atoms with van der Waals surface area (Å²) in [6.07, 6.45) is 1.81. The highest BCUT2D eigenvalue weighted by Crippen LogP contribution is 2.25. The molecule has 0 bridgehead atoms. The van der Waals surface area contributed by atoms with Gasteiger partial charge in [-0.2, -0.15) is 4.31 Å². The van der Waals surface area contributed by atoms with Gasteiger partial charge in [-0.15, -0.1) is 11.8 Å². The summed E-state index contributed by atoms with van der Waals surface area (Å²) < 4.78 is 26.7. The van der Waals surface area contributed by atoms with E-state index < -0.39 is 10.0 Å². The van der Waals surface area contributed by atoms with Gasteiger partial charge >= 0.3 is 0 Å². The standard InChI is InChI=1S/C22H21NO3S2/c24-22(16-27-20-10-7-17-5-1-2-6-19(17)15-20)18-8-11-21(12-9-18)28(25,26)23-13-3-4-14-23/h1-2,5-12,15H,3-4,13-14,16H2. The average Bonchev–Trinajstić information content (AvgIpc) is 3.28. The summed E-state index contributed by atoms with van der Waals surface area (Å²) in [6, 6.07) is 20.6. The maximum atomic E-state index is 12.6. The monoisotopic (exact) mass is 411 g/mol. The third-order valence-corrected chi connectivity index (χ3v) is 7.88. The van der Waals surface area contributed by atoms with Gasteiger partial charge in [-0.05, 0) is 47.9 Å². The van der Waals surface area contributed by atoms with Crippen LogP contribution in [0.3, 0.4) is 0 Å². The molecule has 3 aromatic carbocycles. The van der Waals surface area contributed by atoms with Crippen LogP contribution in [0.25, 0.3) is 10.8 Å². The van der Waals surface area contributed by atoms with Crippen LogP contribution in [0.5, 0.6) is 0 Å². The third kappa shape index (κ3) is 3.99. The van der Waals surface area contributed by atoms with Gasteiger partial charge in [-0.1, -0.05) is 42.5 Å². The number of carbonyl (C=O) groups is 1. The van der Waals surface area contributed by atoms with E-state index in [1.165, 1.54) is 21.5 Å². The molecule has 6 heteroatoms. The maximum absolute atomic E-state index is 12.6. The third-order valence-electron chi connectivity index (χ3n) is 4.97. The van der Waals surface area contributed by atoms with Crippen molar-refractivity contribution in [2.24, 2.45) is 0 Å². The van der Waals surface area contributed by atoms with Gasteiger partial charge in [0.1, 0.15) is 0 Å². The molecule has 0 aromatic heterocycles. The Morgan fingerprint density at radius 2 is 1.57 bits per heavy atom. The number of hydrogen-bond donors (Lipinski definition) is 0. The Morgan fingerprint density at radius 3 is 2.29 bits per heavy atom. The van der Waals surface area contributed by atoms with Gasteiger partial charge in [0.25, 0.3) is 0 Å². The van der Waals surface area contributed by atoms with Crippen molar-refractivity contribution in [3.8, 4) is 0 Å². The molecule has 0 radical (unpaired) electrons. The second-order valence-electron chi connectivity index (χ2n) is 6.86. The Kier molecular flexibility index (Phi) is 5.53. The first-order chi connectivity index (χ1) is 13.5. The number of rotatable bonds is 6. The summed E-state index contributed by atoms with van der Waals surface area (Å²) in [5.74, 6) is 0.305. The fourth-order valence-electron chi connectivity index (χ4n) is 3.38. The molecule has 0 unspecified atom stereocenters. The fraction of sp³-hybridized carbons (Fsp3) is 0.227. The van der Waals surface area contributed by atoms with Crippen molar-refractivity contribution in [3.05, 3.63) is 72.3 Å². The van der Waals surface area contributed by atoms with Crippen LogP contribution in [0.15, 0.2) is 76.5 Å². The van der Waals surface area contributed by atoms with Gasteiger partial charge in [0.2, 0.25) is 10.0 Å². The minimum absolute atomic E-state index is 0.0109. The second kappa shape index (κ2) is 8.07. The molecule has 1 heterocycles. The van der Waals surface area contributed by atoms with Crippen molar-refractivity contribution < 1.29 is 13.2 Å². The summed E-state index contributed by atoms with van der Waals surface area (Å²) in [5.41, 5.74) is 0.536. The van der Waals surface area contributed by atoms with Crippen LogP contribution >= 0.6 is 11.8 Å². The summed E-state index contributed by atoms with van der Waals surface area (Å²) in [7, 11) is -3.44. The van der Waals surface area contributed by atoms with E-state index in [4.69, 9.17) is 0 Å². The van der Waals surface area contributed by atoms with Crippen LogP contribution in [0.2, 0.25) is 0 Å². The topological polar surface area (TPSA) is 54.5 Å². The van der Waals surface area contributed by atoms with Crippen LogP contribution in [-0.2, 0) is 10.0 Å². The van der Waals surface area contributed by atoms with Crippen molar-refractivity contribution in [2.45, 2.75) is 22.6 Å². The number of nitrogens with zero attached hydrogens (tertiary/aromatic N) is 1. The van der Waals surface area contributed by atoms with Crippen molar-refractivity contribution >= 4 is 38.3 Å². The maximum Gasteiger partial charge on any atom is 0.243 e. The predicted octanol–water partition coefficient (Wildman–Crippen LogP) is 4.60. The molecule has 1 fully saturated rings. The highest BCUT2D eigenvalue weighted by Gasteiger charge is 2.27. The lowest BCUT2D eigenvalue weighted by Crippen LogP contribution is -2.27. The number of carbonyl (C=O) groups excluding carboxylic acids is 1. The number of sulfonamides is 1. The Labute approximate surface area is 169 Å². The van der Waals surface area contributed by atoms with Gasteiger partial charge < -0.3 is 0 Å². The average molecular weight is 412 g/mol. The first-order valence-corrected chi connectivity index (χ1v) is 11.7. The Hall–Kier alpha value is -2.15. The minimum atomic E-state index is -3.44. The molecule has 1 saturated heterocycles. The molecular formula is C22H21NO3S2. The zero-order valence-corrected chi connectivity index (χ0v) is 17.0. The number of Topliss-reactive ketones (excluding diaryl/α,β-unsaturated/α-hetero) is 1. The first kappa shape index (κ1) is 19.2.